The number of carbonyl (C=O) groups excluding carboxylic acids is 2. The summed E-state index contributed by atoms with van der Waals surface area (Å²) in [6.45, 7) is 3.46. The number of aliphatic hydroxyl groups excluding tert-OH is 2. The van der Waals surface area contributed by atoms with Crippen molar-refractivity contribution in [1.29, 1.82) is 0 Å². The number of aliphatic hydroxyl groups is 3. The minimum atomic E-state index is -4.64. The van der Waals surface area contributed by atoms with E-state index in [9.17, 15) is 24.9 Å². The molecule has 0 aromatic rings. The summed E-state index contributed by atoms with van der Waals surface area (Å²) in [4.78, 5) is 45.8. The first kappa shape index (κ1) is 28.3. The van der Waals surface area contributed by atoms with Gasteiger partial charge in [0.2, 0.25) is 0 Å². The Balaban J connectivity index is 0.000000707. The zero-order valence-corrected chi connectivity index (χ0v) is 21.8. The van der Waals surface area contributed by atoms with Crippen molar-refractivity contribution in [1.82, 2.24) is 0 Å². The molecule has 4 aliphatic carbocycles. The van der Waals surface area contributed by atoms with Crippen molar-refractivity contribution in [3.05, 3.63) is 11.6 Å². The molecule has 0 bridgehead atoms. The smallest absolute Gasteiger partial charge is 1.00 e. The molecule has 0 aliphatic heterocycles. The van der Waals surface area contributed by atoms with Gasteiger partial charge in [-0.25, -0.2) is 4.57 Å². The zero-order chi connectivity index (χ0) is 23.4. The molecule has 0 spiro atoms. The van der Waals surface area contributed by atoms with Crippen molar-refractivity contribution >= 4 is 19.4 Å². The zero-order valence-electron chi connectivity index (χ0n) is 19.9. The van der Waals surface area contributed by atoms with Gasteiger partial charge in [-0.2, -0.15) is 0 Å². The predicted octanol–water partition coefficient (Wildman–Crippen LogP) is -2.03. The number of rotatable bonds is 2. The van der Waals surface area contributed by atoms with Crippen molar-refractivity contribution in [2.75, 3.05) is 6.61 Å². The molecule has 32 heavy (non-hydrogen) atoms. The van der Waals surface area contributed by atoms with Crippen LogP contribution < -0.4 is 29.6 Å². The molecule has 7 atom stereocenters. The number of phosphoric acid groups is 1. The van der Waals surface area contributed by atoms with E-state index >= 15 is 0 Å². The SMILES string of the molecule is C[C@]12CCC(=O)C=C1CC[C@@H]1[C@@H]2[C@@H](O)C[C@@]2(C)[C@H]1CC[C@]2(O)C(=O)CO.O=P(O)(O)O.[H-].[Na+]. The van der Waals surface area contributed by atoms with Gasteiger partial charge < -0.3 is 31.4 Å². The maximum absolute atomic E-state index is 12.4. The van der Waals surface area contributed by atoms with Gasteiger partial charge in [0.05, 0.1) is 6.10 Å². The molecule has 0 amide bonds. The Morgan fingerprint density at radius 1 is 1.19 bits per heavy atom. The first-order valence-corrected chi connectivity index (χ1v) is 12.3. The van der Waals surface area contributed by atoms with E-state index in [2.05, 4.69) is 6.92 Å². The van der Waals surface area contributed by atoms with Crippen LogP contribution in [-0.4, -0.2) is 59.9 Å². The van der Waals surface area contributed by atoms with Gasteiger partial charge in [-0.1, -0.05) is 19.4 Å². The number of allylic oxidation sites excluding steroid dienone is 1. The van der Waals surface area contributed by atoms with Gasteiger partial charge >= 0.3 is 37.4 Å². The summed E-state index contributed by atoms with van der Waals surface area (Å²) in [5.41, 5.74) is -1.23. The summed E-state index contributed by atoms with van der Waals surface area (Å²) >= 11 is 0. The molecular weight excluding hydrogens is 450 g/mol. The largest absolute Gasteiger partial charge is 1.00 e. The Kier molecular flexibility index (Phi) is 8.50. The van der Waals surface area contributed by atoms with E-state index < -0.39 is 37.3 Å². The summed E-state index contributed by atoms with van der Waals surface area (Å²) in [6, 6.07) is 0. The van der Waals surface area contributed by atoms with Crippen LogP contribution in [0, 0.1) is 28.6 Å². The Morgan fingerprint density at radius 3 is 2.34 bits per heavy atom. The van der Waals surface area contributed by atoms with Crippen molar-refractivity contribution in [3.8, 4) is 0 Å². The number of hydrogen-bond donors (Lipinski definition) is 6. The average molecular weight is 484 g/mol. The number of Topliss-reactive ketones (excluding diaryl/α,β-unsaturated/α-hetero) is 1. The fourth-order valence-corrected chi connectivity index (χ4v) is 7.28. The van der Waals surface area contributed by atoms with E-state index in [0.29, 0.717) is 19.3 Å². The molecule has 6 N–H and O–H groups in total. The molecule has 4 aliphatic rings. The second kappa shape index (κ2) is 9.61. The normalized spacial score (nSPS) is 42.9. The van der Waals surface area contributed by atoms with Crippen LogP contribution in [0.1, 0.15) is 60.2 Å². The molecule has 3 saturated carbocycles. The first-order chi connectivity index (χ1) is 14.2. The number of fused-ring (bicyclic) bond motifs is 5. The summed E-state index contributed by atoms with van der Waals surface area (Å²) in [6.07, 6.45) is 5.74. The Bertz CT molecular complexity index is 839. The van der Waals surface area contributed by atoms with Gasteiger partial charge in [0.25, 0.3) is 0 Å². The molecule has 3 fully saturated rings. The number of carbonyl (C=O) groups is 2. The molecule has 4 rings (SSSR count). The van der Waals surface area contributed by atoms with Gasteiger partial charge in [0, 0.05) is 11.8 Å². The van der Waals surface area contributed by atoms with E-state index in [0.717, 1.165) is 25.7 Å². The van der Waals surface area contributed by atoms with Crippen LogP contribution in [0.3, 0.4) is 0 Å². The van der Waals surface area contributed by atoms with Gasteiger partial charge in [-0.05, 0) is 67.8 Å². The van der Waals surface area contributed by atoms with E-state index in [1.54, 1.807) is 6.08 Å². The molecule has 0 aromatic heterocycles. The number of ketones is 2. The molecule has 9 nitrogen and oxygen atoms in total. The van der Waals surface area contributed by atoms with Crippen molar-refractivity contribution in [2.24, 2.45) is 28.6 Å². The van der Waals surface area contributed by atoms with Gasteiger partial charge in [0.15, 0.2) is 11.6 Å². The first-order valence-electron chi connectivity index (χ1n) is 10.7. The van der Waals surface area contributed by atoms with Crippen LogP contribution in [0.5, 0.6) is 0 Å². The molecular formula is C21H34NaO9P. The Labute approximate surface area is 211 Å². The third-order valence-electron chi connectivity index (χ3n) is 8.65. The topological polar surface area (TPSA) is 173 Å². The summed E-state index contributed by atoms with van der Waals surface area (Å²) in [7, 11) is -4.64. The minimum Gasteiger partial charge on any atom is -1.00 e. The maximum atomic E-state index is 12.4. The molecule has 178 valence electrons. The van der Waals surface area contributed by atoms with Gasteiger partial charge in [-0.15, -0.1) is 0 Å². The minimum absolute atomic E-state index is 0. The summed E-state index contributed by atoms with van der Waals surface area (Å²) in [5.74, 6) is 0.140. The maximum Gasteiger partial charge on any atom is 1.00 e. The summed E-state index contributed by atoms with van der Waals surface area (Å²) < 4.78 is 8.88. The molecule has 0 aromatic carbocycles. The van der Waals surface area contributed by atoms with Crippen LogP contribution >= 0.6 is 7.82 Å². The quantitative estimate of drug-likeness (QED) is 0.191. The van der Waals surface area contributed by atoms with E-state index in [1.807, 2.05) is 6.92 Å². The third kappa shape index (κ3) is 4.76. The molecule has 0 heterocycles. The van der Waals surface area contributed by atoms with E-state index in [4.69, 9.17) is 19.2 Å². The van der Waals surface area contributed by atoms with Crippen LogP contribution in [0.15, 0.2) is 11.6 Å². The van der Waals surface area contributed by atoms with Crippen molar-refractivity contribution in [2.45, 2.75) is 70.5 Å². The van der Waals surface area contributed by atoms with Crippen LogP contribution in [0.2, 0.25) is 0 Å². The average Bonchev–Trinajstić information content (AvgIpc) is 2.91. The monoisotopic (exact) mass is 484 g/mol. The van der Waals surface area contributed by atoms with Gasteiger partial charge in [-0.3, -0.25) is 9.59 Å². The fourth-order valence-electron chi connectivity index (χ4n) is 7.28. The molecule has 0 unspecified atom stereocenters. The van der Waals surface area contributed by atoms with Crippen molar-refractivity contribution < 1.29 is 75.1 Å². The number of hydrogen-bond acceptors (Lipinski definition) is 6. The van der Waals surface area contributed by atoms with E-state index in [-0.39, 0.29) is 59.9 Å². The van der Waals surface area contributed by atoms with Crippen LogP contribution in [-0.2, 0) is 14.2 Å². The van der Waals surface area contributed by atoms with Gasteiger partial charge in [0.1, 0.15) is 12.2 Å². The standard InChI is InChI=1S/C21H30O5.Na.H3O4P.H/c1-19-7-5-13(23)9-12(19)3-4-14-15-6-8-21(26,17(25)11-22)20(15,2)10-16(24)18(14)19;;1-5(2,3)4;/h9,14-16,18,22,24,26H,3-8,10-11H2,1-2H3;;(H3,1,2,3,4);/q;+1;;-1/t14-,15-,16-,18+,19-,20-,21-;;;/m0.../s1. The Hall–Kier alpha value is 0.0700. The third-order valence-corrected chi connectivity index (χ3v) is 8.65. The van der Waals surface area contributed by atoms with E-state index in [1.165, 1.54) is 5.57 Å². The van der Waals surface area contributed by atoms with Crippen LogP contribution in [0.4, 0.5) is 0 Å². The summed E-state index contributed by atoms with van der Waals surface area (Å²) in [5, 5.41) is 31.7. The second-order valence-electron chi connectivity index (χ2n) is 10.1. The van der Waals surface area contributed by atoms with Crippen molar-refractivity contribution in [3.63, 3.8) is 0 Å². The predicted molar refractivity (Wildman–Crippen MR) is 111 cm³/mol. The van der Waals surface area contributed by atoms with Crippen LogP contribution in [0.25, 0.3) is 0 Å². The Morgan fingerprint density at radius 2 is 1.78 bits per heavy atom. The second-order valence-corrected chi connectivity index (χ2v) is 11.1. The molecule has 0 radical (unpaired) electrons. The molecule has 11 heteroatoms. The fraction of sp³-hybridized carbons (Fsp3) is 0.810. The molecule has 0 saturated heterocycles.